The number of sulfonamides is 1. The number of hydrogen-bond acceptors (Lipinski definition) is 3. The van der Waals surface area contributed by atoms with E-state index in [1.165, 1.54) is 15.3 Å². The van der Waals surface area contributed by atoms with E-state index in [1.807, 2.05) is 61.5 Å². The van der Waals surface area contributed by atoms with E-state index in [-0.39, 0.29) is 11.8 Å². The van der Waals surface area contributed by atoms with Crippen LogP contribution in [-0.4, -0.2) is 31.7 Å². The molecule has 2 aromatic carbocycles. The number of carbonyl (C=O) groups excluding carboxylic acids is 1. The zero-order valence-electron chi connectivity index (χ0n) is 16.0. The van der Waals surface area contributed by atoms with Crippen molar-refractivity contribution in [3.8, 4) is 0 Å². The highest BCUT2D eigenvalue weighted by atomic mass is 32.2. The van der Waals surface area contributed by atoms with Crippen LogP contribution in [-0.2, 0) is 21.4 Å². The Morgan fingerprint density at radius 3 is 2.36 bits per heavy atom. The van der Waals surface area contributed by atoms with E-state index < -0.39 is 10.0 Å². The van der Waals surface area contributed by atoms with Crippen molar-refractivity contribution in [2.75, 3.05) is 13.1 Å². The standard InChI is InChI=1S/C22H26N2O3S/c1-18-7-9-20(10-8-18)17-23-22(25)21-11-14-24(15-12-21)28(26,27)16-13-19-5-3-2-4-6-19/h2-10,13,16,21H,11-12,14-15,17H2,1H3,(H,23,25). The zero-order chi connectivity index (χ0) is 20.0. The normalized spacial score (nSPS) is 16.3. The molecule has 1 heterocycles. The van der Waals surface area contributed by atoms with Gasteiger partial charge in [0.1, 0.15) is 0 Å². The topological polar surface area (TPSA) is 66.5 Å². The van der Waals surface area contributed by atoms with Crippen LogP contribution in [0, 0.1) is 12.8 Å². The summed E-state index contributed by atoms with van der Waals surface area (Å²) in [6.45, 7) is 3.25. The van der Waals surface area contributed by atoms with Gasteiger partial charge in [0, 0.05) is 31.0 Å². The van der Waals surface area contributed by atoms with Crippen LogP contribution >= 0.6 is 0 Å². The molecule has 6 heteroatoms. The van der Waals surface area contributed by atoms with Gasteiger partial charge in [-0.15, -0.1) is 0 Å². The summed E-state index contributed by atoms with van der Waals surface area (Å²) in [5, 5.41) is 4.22. The van der Waals surface area contributed by atoms with E-state index in [9.17, 15) is 13.2 Å². The molecular formula is C22H26N2O3S. The molecule has 148 valence electrons. The molecule has 1 fully saturated rings. The van der Waals surface area contributed by atoms with E-state index in [0.29, 0.717) is 32.5 Å². The van der Waals surface area contributed by atoms with Crippen LogP contribution in [0.25, 0.3) is 6.08 Å². The molecule has 1 aliphatic rings. The Morgan fingerprint density at radius 2 is 1.71 bits per heavy atom. The van der Waals surface area contributed by atoms with Gasteiger partial charge in [-0.3, -0.25) is 4.79 Å². The lowest BCUT2D eigenvalue weighted by Crippen LogP contribution is -2.42. The van der Waals surface area contributed by atoms with Gasteiger partial charge in [0.05, 0.1) is 0 Å². The molecule has 2 aromatic rings. The minimum absolute atomic E-state index is 0.00236. The van der Waals surface area contributed by atoms with Crippen LogP contribution in [0.4, 0.5) is 0 Å². The molecule has 0 aromatic heterocycles. The molecule has 0 spiro atoms. The third-order valence-corrected chi connectivity index (χ3v) is 6.57. The largest absolute Gasteiger partial charge is 0.352 e. The second-order valence-electron chi connectivity index (χ2n) is 7.14. The van der Waals surface area contributed by atoms with E-state index in [4.69, 9.17) is 0 Å². The number of amides is 1. The quantitative estimate of drug-likeness (QED) is 0.812. The highest BCUT2D eigenvalue weighted by Gasteiger charge is 2.29. The summed E-state index contributed by atoms with van der Waals surface area (Å²) in [7, 11) is -3.47. The van der Waals surface area contributed by atoms with Crippen molar-refractivity contribution in [1.82, 2.24) is 9.62 Å². The first-order valence-corrected chi connectivity index (χ1v) is 11.0. The molecule has 3 rings (SSSR count). The Hall–Kier alpha value is -2.44. The SMILES string of the molecule is Cc1ccc(CNC(=O)C2CCN(S(=O)(=O)C=Cc3ccccc3)CC2)cc1. The minimum atomic E-state index is -3.47. The average molecular weight is 399 g/mol. The molecule has 28 heavy (non-hydrogen) atoms. The van der Waals surface area contributed by atoms with Crippen molar-refractivity contribution < 1.29 is 13.2 Å². The van der Waals surface area contributed by atoms with Gasteiger partial charge in [-0.05, 0) is 37.0 Å². The average Bonchev–Trinajstić information content (AvgIpc) is 2.72. The lowest BCUT2D eigenvalue weighted by molar-refractivity contribution is -0.126. The van der Waals surface area contributed by atoms with Gasteiger partial charge in [0.15, 0.2) is 0 Å². The predicted octanol–water partition coefficient (Wildman–Crippen LogP) is 3.32. The molecule has 0 unspecified atom stereocenters. The first-order valence-electron chi connectivity index (χ1n) is 9.50. The fraction of sp³-hybridized carbons (Fsp3) is 0.318. The van der Waals surface area contributed by atoms with Crippen LogP contribution in [0.5, 0.6) is 0 Å². The highest BCUT2D eigenvalue weighted by molar-refractivity contribution is 7.92. The van der Waals surface area contributed by atoms with Crippen molar-refractivity contribution in [3.63, 3.8) is 0 Å². The van der Waals surface area contributed by atoms with E-state index in [0.717, 1.165) is 11.1 Å². The predicted molar refractivity (Wildman–Crippen MR) is 112 cm³/mol. The molecular weight excluding hydrogens is 372 g/mol. The summed E-state index contributed by atoms with van der Waals surface area (Å²) < 4.78 is 26.5. The molecule has 1 amide bonds. The van der Waals surface area contributed by atoms with Gasteiger partial charge >= 0.3 is 0 Å². The van der Waals surface area contributed by atoms with Crippen LogP contribution in [0.3, 0.4) is 0 Å². The third kappa shape index (κ3) is 5.53. The molecule has 0 atom stereocenters. The van der Waals surface area contributed by atoms with Gasteiger partial charge in [-0.1, -0.05) is 60.2 Å². The van der Waals surface area contributed by atoms with Crippen LogP contribution < -0.4 is 5.32 Å². The Bertz CT molecular complexity index is 914. The number of rotatable bonds is 6. The number of hydrogen-bond donors (Lipinski definition) is 1. The second-order valence-corrected chi connectivity index (χ2v) is 8.95. The summed E-state index contributed by atoms with van der Waals surface area (Å²) in [6.07, 6.45) is 2.69. The van der Waals surface area contributed by atoms with Gasteiger partial charge < -0.3 is 5.32 Å². The van der Waals surface area contributed by atoms with E-state index in [1.54, 1.807) is 6.08 Å². The smallest absolute Gasteiger partial charge is 0.236 e. The van der Waals surface area contributed by atoms with Crippen molar-refractivity contribution in [2.45, 2.75) is 26.3 Å². The highest BCUT2D eigenvalue weighted by Crippen LogP contribution is 2.21. The molecule has 5 nitrogen and oxygen atoms in total. The number of nitrogens with zero attached hydrogens (tertiary/aromatic N) is 1. The molecule has 0 aliphatic carbocycles. The van der Waals surface area contributed by atoms with Crippen molar-refractivity contribution in [2.24, 2.45) is 5.92 Å². The Labute approximate surface area is 167 Å². The Kier molecular flexibility index (Phi) is 6.65. The first-order chi connectivity index (χ1) is 13.4. The number of benzene rings is 2. The van der Waals surface area contributed by atoms with E-state index >= 15 is 0 Å². The van der Waals surface area contributed by atoms with Gasteiger partial charge in [-0.25, -0.2) is 8.42 Å². The molecule has 1 saturated heterocycles. The van der Waals surface area contributed by atoms with Gasteiger partial charge in [0.2, 0.25) is 15.9 Å². The van der Waals surface area contributed by atoms with Gasteiger partial charge in [-0.2, -0.15) is 4.31 Å². The molecule has 1 N–H and O–H groups in total. The third-order valence-electron chi connectivity index (χ3n) is 5.00. The van der Waals surface area contributed by atoms with Crippen molar-refractivity contribution in [3.05, 3.63) is 76.7 Å². The monoisotopic (exact) mass is 398 g/mol. The number of carbonyl (C=O) groups is 1. The van der Waals surface area contributed by atoms with Crippen molar-refractivity contribution >= 4 is 22.0 Å². The molecule has 0 bridgehead atoms. The zero-order valence-corrected chi connectivity index (χ0v) is 16.9. The summed E-state index contributed by atoms with van der Waals surface area (Å²) in [5.74, 6) is -0.146. The lowest BCUT2D eigenvalue weighted by Gasteiger charge is -2.29. The van der Waals surface area contributed by atoms with Crippen LogP contribution in [0.2, 0.25) is 0 Å². The second kappa shape index (κ2) is 9.17. The number of nitrogens with one attached hydrogen (secondary N) is 1. The first kappa shape index (κ1) is 20.3. The van der Waals surface area contributed by atoms with Crippen LogP contribution in [0.15, 0.2) is 60.0 Å². The summed E-state index contributed by atoms with van der Waals surface area (Å²) in [5.41, 5.74) is 3.09. The fourth-order valence-electron chi connectivity index (χ4n) is 3.23. The number of aryl methyl sites for hydroxylation is 1. The summed E-state index contributed by atoms with van der Waals surface area (Å²) in [4.78, 5) is 12.4. The van der Waals surface area contributed by atoms with Crippen LogP contribution in [0.1, 0.15) is 29.5 Å². The summed E-state index contributed by atoms with van der Waals surface area (Å²) in [6, 6.07) is 17.4. The molecule has 1 aliphatic heterocycles. The fourth-order valence-corrected chi connectivity index (χ4v) is 4.45. The maximum atomic E-state index is 12.5. The lowest BCUT2D eigenvalue weighted by atomic mass is 9.97. The van der Waals surface area contributed by atoms with Crippen molar-refractivity contribution in [1.29, 1.82) is 0 Å². The Balaban J connectivity index is 1.49. The van der Waals surface area contributed by atoms with Gasteiger partial charge in [0.25, 0.3) is 0 Å². The molecule has 0 saturated carbocycles. The molecule has 0 radical (unpaired) electrons. The maximum absolute atomic E-state index is 12.5. The number of piperidine rings is 1. The maximum Gasteiger partial charge on any atom is 0.236 e. The van der Waals surface area contributed by atoms with E-state index in [2.05, 4.69) is 5.32 Å². The summed E-state index contributed by atoms with van der Waals surface area (Å²) >= 11 is 0. The Morgan fingerprint density at radius 1 is 1.07 bits per heavy atom. The minimum Gasteiger partial charge on any atom is -0.352 e.